The number of piperidine rings is 1. The van der Waals surface area contributed by atoms with Gasteiger partial charge in [0.25, 0.3) is 6.47 Å². The molecule has 0 spiro atoms. The average Bonchev–Trinajstić information content (AvgIpc) is 3.12. The van der Waals surface area contributed by atoms with Crippen LogP contribution in [0.3, 0.4) is 0 Å². The number of nitrogens with one attached hydrogen (secondary N) is 2. The molecule has 1 amide bonds. The van der Waals surface area contributed by atoms with Crippen LogP contribution in [0.25, 0.3) is 11.5 Å². The van der Waals surface area contributed by atoms with E-state index in [0.29, 0.717) is 30.3 Å². The van der Waals surface area contributed by atoms with Gasteiger partial charge in [0.1, 0.15) is 11.5 Å². The number of hydrogen-bond donors (Lipinski definition) is 4. The number of H-pyrrole nitrogens is 1. The predicted molar refractivity (Wildman–Crippen MR) is 89.6 cm³/mol. The van der Waals surface area contributed by atoms with Crippen LogP contribution in [-0.4, -0.2) is 78.9 Å². The van der Waals surface area contributed by atoms with Crippen LogP contribution < -0.4 is 5.32 Å². The van der Waals surface area contributed by atoms with Gasteiger partial charge in [0.2, 0.25) is 11.7 Å². The molecule has 2 aromatic heterocycles. The number of rotatable bonds is 4. The monoisotopic (exact) mass is 363 g/mol. The highest BCUT2D eigenvalue weighted by molar-refractivity contribution is 5.79. The fourth-order valence-corrected chi connectivity index (χ4v) is 2.57. The van der Waals surface area contributed by atoms with Crippen LogP contribution in [0.15, 0.2) is 18.6 Å². The molecule has 1 saturated heterocycles. The highest BCUT2D eigenvalue weighted by atomic mass is 16.3. The van der Waals surface area contributed by atoms with Crippen LogP contribution in [0.4, 0.5) is 0 Å². The second-order valence-corrected chi connectivity index (χ2v) is 5.74. The fourth-order valence-electron chi connectivity index (χ4n) is 2.57. The lowest BCUT2D eigenvalue weighted by Gasteiger charge is -2.32. The van der Waals surface area contributed by atoms with Gasteiger partial charge in [-0.2, -0.15) is 5.10 Å². The van der Waals surface area contributed by atoms with Gasteiger partial charge in [-0.1, -0.05) is 0 Å². The number of likely N-dealkylation sites (tertiary alicyclic amines) is 1. The number of aromatic nitrogens is 5. The third-order valence-electron chi connectivity index (χ3n) is 3.87. The zero-order valence-corrected chi connectivity index (χ0v) is 14.2. The minimum absolute atomic E-state index is 0.179. The quantitative estimate of drug-likeness (QED) is 0.494. The lowest BCUT2D eigenvalue weighted by molar-refractivity contribution is -0.131. The first kappa shape index (κ1) is 19.4. The number of aromatic amines is 1. The zero-order chi connectivity index (χ0) is 18.9. The smallest absolute Gasteiger partial charge is 0.290 e. The highest BCUT2D eigenvalue weighted by Gasteiger charge is 2.31. The van der Waals surface area contributed by atoms with Gasteiger partial charge in [0.15, 0.2) is 0 Å². The molecule has 3 heterocycles. The summed E-state index contributed by atoms with van der Waals surface area (Å²) in [6.45, 7) is 1.32. The van der Waals surface area contributed by atoms with Crippen LogP contribution in [0, 0.1) is 5.92 Å². The first-order chi connectivity index (χ1) is 12.5. The van der Waals surface area contributed by atoms with Crippen LogP contribution in [0.5, 0.6) is 0 Å². The van der Waals surface area contributed by atoms with Crippen molar-refractivity contribution in [1.82, 2.24) is 35.4 Å². The van der Waals surface area contributed by atoms with Crippen LogP contribution >= 0.6 is 0 Å². The number of carbonyl (C=O) groups is 2. The Hall–Kier alpha value is -2.92. The average molecular weight is 363 g/mol. The Labute approximate surface area is 149 Å². The first-order valence-electron chi connectivity index (χ1n) is 7.95. The van der Waals surface area contributed by atoms with E-state index in [1.54, 1.807) is 18.6 Å². The Morgan fingerprint density at radius 1 is 1.50 bits per heavy atom. The van der Waals surface area contributed by atoms with E-state index in [9.17, 15) is 9.90 Å². The van der Waals surface area contributed by atoms with Crippen molar-refractivity contribution in [2.75, 3.05) is 20.1 Å². The molecule has 0 bridgehead atoms. The van der Waals surface area contributed by atoms with Gasteiger partial charge in [-0.05, 0) is 13.5 Å². The van der Waals surface area contributed by atoms with Crippen molar-refractivity contribution in [3.05, 3.63) is 24.4 Å². The maximum atomic E-state index is 12.2. The molecule has 2 atom stereocenters. The van der Waals surface area contributed by atoms with Crippen LogP contribution in [0.1, 0.15) is 12.2 Å². The summed E-state index contributed by atoms with van der Waals surface area (Å²) in [5.74, 6) is 0.357. The van der Waals surface area contributed by atoms with E-state index in [1.807, 2.05) is 11.9 Å². The van der Waals surface area contributed by atoms with Crippen LogP contribution in [0.2, 0.25) is 0 Å². The molecule has 0 aliphatic carbocycles. The molecule has 11 heteroatoms. The Bertz CT molecular complexity index is 709. The summed E-state index contributed by atoms with van der Waals surface area (Å²) < 4.78 is 0. The van der Waals surface area contributed by atoms with E-state index < -0.39 is 12.0 Å². The van der Waals surface area contributed by atoms with E-state index in [0.717, 1.165) is 6.54 Å². The molecule has 11 nitrogen and oxygen atoms in total. The summed E-state index contributed by atoms with van der Waals surface area (Å²) in [5, 5.41) is 26.5. The van der Waals surface area contributed by atoms with E-state index in [4.69, 9.17) is 9.90 Å². The standard InChI is InChI=1S/C14H19N7O2.CH2O2/c1-21-5-2-11(22)9(8-21)14(23)17-7-12-18-13(20-19-12)10-6-15-3-4-16-10;2-1-3/h3-4,6,9,11,22H,2,5,7-8H2,1H3,(H,17,23)(H,18,19,20);1H,(H,2,3)/t9-,11-;/m1./s1. The molecule has 4 N–H and O–H groups in total. The molecule has 1 fully saturated rings. The van der Waals surface area contributed by atoms with Crippen molar-refractivity contribution in [3.63, 3.8) is 0 Å². The maximum absolute atomic E-state index is 12.2. The number of hydrogen-bond acceptors (Lipinski definition) is 8. The second-order valence-electron chi connectivity index (χ2n) is 5.74. The number of carboxylic acid groups (broad SMARTS) is 1. The van der Waals surface area contributed by atoms with Gasteiger partial charge in [0.05, 0.1) is 24.8 Å². The third kappa shape index (κ3) is 5.29. The lowest BCUT2D eigenvalue weighted by Crippen LogP contribution is -2.48. The Morgan fingerprint density at radius 2 is 2.27 bits per heavy atom. The van der Waals surface area contributed by atoms with Crippen molar-refractivity contribution in [1.29, 1.82) is 0 Å². The summed E-state index contributed by atoms with van der Waals surface area (Å²) in [5.41, 5.74) is 0.561. The van der Waals surface area contributed by atoms with Crippen LogP contribution in [-0.2, 0) is 16.1 Å². The Balaban J connectivity index is 0.000000758. The minimum Gasteiger partial charge on any atom is -0.483 e. The third-order valence-corrected chi connectivity index (χ3v) is 3.87. The van der Waals surface area contributed by atoms with Gasteiger partial charge >= 0.3 is 0 Å². The highest BCUT2D eigenvalue weighted by Crippen LogP contribution is 2.16. The number of aliphatic hydroxyl groups excluding tert-OH is 1. The Kier molecular flexibility index (Phi) is 7.12. The van der Waals surface area contributed by atoms with E-state index in [-0.39, 0.29) is 18.9 Å². The van der Waals surface area contributed by atoms with E-state index in [2.05, 4.69) is 30.5 Å². The number of aliphatic hydroxyl groups is 1. The topological polar surface area (TPSA) is 157 Å². The van der Waals surface area contributed by atoms with Crippen molar-refractivity contribution in [2.24, 2.45) is 5.92 Å². The van der Waals surface area contributed by atoms with Gasteiger partial charge in [-0.15, -0.1) is 0 Å². The second kappa shape index (κ2) is 9.53. The predicted octanol–water partition coefficient (Wildman–Crippen LogP) is -1.11. The summed E-state index contributed by atoms with van der Waals surface area (Å²) in [4.78, 5) is 35.0. The van der Waals surface area contributed by atoms with E-state index >= 15 is 0 Å². The molecule has 2 aromatic rings. The van der Waals surface area contributed by atoms with Gasteiger partial charge in [0, 0.05) is 25.5 Å². The normalized spacial score (nSPS) is 19.9. The van der Waals surface area contributed by atoms with Gasteiger partial charge < -0.3 is 20.4 Å². The molecule has 0 unspecified atom stereocenters. The molecule has 0 saturated carbocycles. The van der Waals surface area contributed by atoms with Gasteiger partial charge in [-0.3, -0.25) is 19.7 Å². The molecule has 3 rings (SSSR count). The van der Waals surface area contributed by atoms with E-state index in [1.165, 1.54) is 0 Å². The molecule has 1 aliphatic heterocycles. The molecule has 26 heavy (non-hydrogen) atoms. The molecule has 0 radical (unpaired) electrons. The molecular formula is C15H21N7O4. The molecule has 1 aliphatic rings. The molecular weight excluding hydrogens is 342 g/mol. The first-order valence-corrected chi connectivity index (χ1v) is 7.95. The number of nitrogens with zero attached hydrogens (tertiary/aromatic N) is 5. The van der Waals surface area contributed by atoms with Crippen molar-refractivity contribution in [2.45, 2.75) is 19.1 Å². The van der Waals surface area contributed by atoms with Crippen molar-refractivity contribution < 1.29 is 19.8 Å². The summed E-state index contributed by atoms with van der Waals surface area (Å²) in [6, 6.07) is 0. The van der Waals surface area contributed by atoms with Gasteiger partial charge in [-0.25, -0.2) is 9.97 Å². The summed E-state index contributed by atoms with van der Waals surface area (Å²) >= 11 is 0. The maximum Gasteiger partial charge on any atom is 0.290 e. The minimum atomic E-state index is -0.601. The SMILES string of the molecule is CN1CC[C@@H](O)[C@H](C(=O)NCc2nc(-c3cnccn3)n[nH]2)C1.O=CO. The number of amides is 1. The Morgan fingerprint density at radius 3 is 2.96 bits per heavy atom. The summed E-state index contributed by atoms with van der Waals surface area (Å²) in [6.07, 6.45) is 4.71. The fraction of sp³-hybridized carbons (Fsp3) is 0.467. The zero-order valence-electron chi connectivity index (χ0n) is 14.2. The van der Waals surface area contributed by atoms with Crippen molar-refractivity contribution >= 4 is 12.4 Å². The largest absolute Gasteiger partial charge is 0.483 e. The summed E-state index contributed by atoms with van der Waals surface area (Å²) in [7, 11) is 1.94. The molecule has 140 valence electrons. The number of carbonyl (C=O) groups excluding carboxylic acids is 1. The van der Waals surface area contributed by atoms with Crippen molar-refractivity contribution in [3.8, 4) is 11.5 Å². The molecule has 0 aromatic carbocycles. The lowest BCUT2D eigenvalue weighted by atomic mass is 9.94.